The fourth-order valence-corrected chi connectivity index (χ4v) is 1.43. The molecule has 1 rings (SSSR count). The maximum atomic E-state index is 10.6. The lowest BCUT2D eigenvalue weighted by Gasteiger charge is -2.28. The molecule has 0 amide bonds. The van der Waals surface area contributed by atoms with Crippen LogP contribution in [0.15, 0.2) is 0 Å². The molecule has 1 atom stereocenters. The minimum absolute atomic E-state index is 0.310. The number of carboxylic acid groups (broad SMARTS) is 1. The summed E-state index contributed by atoms with van der Waals surface area (Å²) in [6.45, 7) is 1.26. The molecule has 65 valence electrons. The second-order valence-corrected chi connectivity index (χ2v) is 2.96. The van der Waals surface area contributed by atoms with Crippen LogP contribution in [0.25, 0.3) is 0 Å². The molecule has 0 aromatic rings. The van der Waals surface area contributed by atoms with Gasteiger partial charge in [-0.3, -0.25) is 4.79 Å². The third-order valence-corrected chi connectivity index (χ3v) is 2.07. The van der Waals surface area contributed by atoms with Gasteiger partial charge in [0.05, 0.1) is 12.1 Å². The highest BCUT2D eigenvalue weighted by Gasteiger charge is 2.24. The first-order valence-corrected chi connectivity index (χ1v) is 3.99. The fraction of sp³-hybridized carbons (Fsp3) is 0.714. The van der Waals surface area contributed by atoms with Gasteiger partial charge in [-0.1, -0.05) is 0 Å². The van der Waals surface area contributed by atoms with Crippen molar-refractivity contribution < 1.29 is 14.7 Å². The van der Waals surface area contributed by atoms with E-state index in [9.17, 15) is 9.59 Å². The van der Waals surface area contributed by atoms with E-state index in [1.807, 2.05) is 0 Å². The van der Waals surface area contributed by atoms with Gasteiger partial charge in [0, 0.05) is 6.54 Å². The van der Waals surface area contributed by atoms with E-state index in [1.54, 1.807) is 4.81 Å². The molecule has 0 bridgehead atoms. The number of aliphatic carboxylic acids is 1. The van der Waals surface area contributed by atoms with Crippen molar-refractivity contribution >= 4 is 19.6 Å². The van der Waals surface area contributed by atoms with E-state index in [-0.39, 0.29) is 5.92 Å². The average molecular weight is 168 g/mol. The highest BCUT2D eigenvalue weighted by molar-refractivity contribution is 6.64. The topological polar surface area (TPSA) is 57.6 Å². The van der Waals surface area contributed by atoms with Gasteiger partial charge < -0.3 is 14.7 Å². The fourth-order valence-electron chi connectivity index (χ4n) is 1.43. The van der Waals surface area contributed by atoms with Crippen molar-refractivity contribution in [1.29, 1.82) is 0 Å². The quantitative estimate of drug-likeness (QED) is 0.459. The molecule has 0 unspecified atom stereocenters. The maximum Gasteiger partial charge on any atom is 0.307 e. The lowest BCUT2D eigenvalue weighted by molar-refractivity contribution is -0.142. The Bertz CT molecular complexity index is 185. The number of rotatable bonds is 3. The van der Waals surface area contributed by atoms with Crippen LogP contribution in [0.4, 0.5) is 0 Å². The summed E-state index contributed by atoms with van der Waals surface area (Å²) in [5.74, 6) is -1.08. The predicted octanol–water partition coefficient (Wildman–Crippen LogP) is -0.408. The predicted molar refractivity (Wildman–Crippen MR) is 44.4 cm³/mol. The van der Waals surface area contributed by atoms with Crippen molar-refractivity contribution in [3.05, 3.63) is 0 Å². The van der Waals surface area contributed by atoms with Gasteiger partial charge in [-0.15, -0.1) is 0 Å². The molecule has 0 aliphatic carbocycles. The number of carbonyl (C=O) groups is 2. The molecule has 1 N–H and O–H groups in total. The first-order valence-electron chi connectivity index (χ1n) is 3.99. The van der Waals surface area contributed by atoms with Gasteiger partial charge in [-0.05, 0) is 19.4 Å². The van der Waals surface area contributed by atoms with Crippen molar-refractivity contribution in [2.45, 2.75) is 12.8 Å². The summed E-state index contributed by atoms with van der Waals surface area (Å²) >= 11 is 0. The third kappa shape index (κ3) is 2.34. The number of carbonyl (C=O) groups excluding carboxylic acids is 1. The maximum absolute atomic E-state index is 10.6. The Balaban J connectivity index is 2.39. The highest BCUT2D eigenvalue weighted by Crippen LogP contribution is 2.14. The van der Waals surface area contributed by atoms with Crippen LogP contribution in [0.3, 0.4) is 0 Å². The van der Waals surface area contributed by atoms with E-state index in [0.29, 0.717) is 12.7 Å². The molecular weight excluding hydrogens is 157 g/mol. The SMILES string of the molecule is O=C[B]N1CCC[C@@H](C(=O)O)C1. The number of piperidine rings is 1. The van der Waals surface area contributed by atoms with Gasteiger partial charge in [0.2, 0.25) is 0 Å². The average Bonchev–Trinajstić information content (AvgIpc) is 2.05. The first-order chi connectivity index (χ1) is 5.74. The molecular formula is C7H11BNO3. The Hall–Kier alpha value is -0.835. The molecule has 0 aromatic heterocycles. The van der Waals surface area contributed by atoms with Crippen molar-refractivity contribution in [1.82, 2.24) is 4.81 Å². The minimum Gasteiger partial charge on any atom is -0.481 e. The summed E-state index contributed by atoms with van der Waals surface area (Å²) < 4.78 is 0. The zero-order chi connectivity index (χ0) is 8.97. The summed E-state index contributed by atoms with van der Waals surface area (Å²) in [6, 6.07) is 0. The van der Waals surface area contributed by atoms with Gasteiger partial charge in [-0.25, -0.2) is 0 Å². The molecule has 1 saturated heterocycles. The van der Waals surface area contributed by atoms with Crippen LogP contribution >= 0.6 is 0 Å². The summed E-state index contributed by atoms with van der Waals surface area (Å²) in [5, 5.41) is 8.70. The molecule has 0 aromatic carbocycles. The van der Waals surface area contributed by atoms with Crippen LogP contribution in [0.1, 0.15) is 12.8 Å². The largest absolute Gasteiger partial charge is 0.481 e. The number of hydrogen-bond donors (Lipinski definition) is 1. The number of carboxylic acids is 1. The Morgan fingerprint density at radius 1 is 1.67 bits per heavy atom. The summed E-state index contributed by atoms with van der Waals surface area (Å²) in [5.41, 5.74) is 0. The lowest BCUT2D eigenvalue weighted by atomic mass is 9.87. The van der Waals surface area contributed by atoms with Crippen LogP contribution in [0.2, 0.25) is 0 Å². The second-order valence-electron chi connectivity index (χ2n) is 2.96. The molecule has 1 fully saturated rings. The van der Waals surface area contributed by atoms with Crippen LogP contribution in [-0.2, 0) is 9.59 Å². The van der Waals surface area contributed by atoms with E-state index in [0.717, 1.165) is 19.4 Å². The number of nitrogens with zero attached hydrogens (tertiary/aromatic N) is 1. The van der Waals surface area contributed by atoms with Gasteiger partial charge in [-0.2, -0.15) is 0 Å². The summed E-state index contributed by atoms with van der Waals surface area (Å²) in [6.07, 6.45) is 2.27. The van der Waals surface area contributed by atoms with Gasteiger partial charge >= 0.3 is 5.97 Å². The van der Waals surface area contributed by atoms with Crippen molar-refractivity contribution in [3.63, 3.8) is 0 Å². The summed E-state index contributed by atoms with van der Waals surface area (Å²) in [4.78, 5) is 22.4. The standard InChI is InChI=1S/C7H11BNO3/c10-5-8-9-3-1-2-6(4-9)7(11)12/h5-6H,1-4H2,(H,11,12)/t6-/m1/s1. The van der Waals surface area contributed by atoms with E-state index < -0.39 is 5.97 Å². The van der Waals surface area contributed by atoms with Crippen LogP contribution in [-0.4, -0.2) is 42.6 Å². The van der Waals surface area contributed by atoms with Crippen molar-refractivity contribution in [2.75, 3.05) is 13.1 Å². The lowest BCUT2D eigenvalue weighted by Crippen LogP contribution is -2.41. The number of hydrogen-bond acceptors (Lipinski definition) is 3. The zero-order valence-electron chi connectivity index (χ0n) is 6.77. The van der Waals surface area contributed by atoms with E-state index >= 15 is 0 Å². The third-order valence-electron chi connectivity index (χ3n) is 2.07. The van der Waals surface area contributed by atoms with E-state index in [1.165, 1.54) is 7.41 Å². The molecule has 1 aliphatic rings. The Morgan fingerprint density at radius 3 is 3.00 bits per heavy atom. The van der Waals surface area contributed by atoms with Crippen LogP contribution < -0.4 is 0 Å². The first kappa shape index (κ1) is 9.25. The molecule has 0 spiro atoms. The van der Waals surface area contributed by atoms with Crippen LogP contribution in [0, 0.1) is 5.92 Å². The molecule has 4 nitrogen and oxygen atoms in total. The molecule has 5 heteroatoms. The second kappa shape index (κ2) is 4.26. The molecule has 1 heterocycles. The molecule has 0 saturated carbocycles. The Labute approximate surface area is 71.8 Å². The van der Waals surface area contributed by atoms with Gasteiger partial charge in [0.25, 0.3) is 7.41 Å². The Morgan fingerprint density at radius 2 is 2.42 bits per heavy atom. The highest BCUT2D eigenvalue weighted by atomic mass is 16.4. The van der Waals surface area contributed by atoms with Crippen molar-refractivity contribution in [2.24, 2.45) is 5.92 Å². The monoisotopic (exact) mass is 168 g/mol. The van der Waals surface area contributed by atoms with Gasteiger partial charge in [0.15, 0.2) is 0 Å². The normalized spacial score (nSPS) is 24.8. The summed E-state index contributed by atoms with van der Waals surface area (Å²) in [7, 11) is 1.41. The smallest absolute Gasteiger partial charge is 0.307 e. The van der Waals surface area contributed by atoms with Gasteiger partial charge in [0.1, 0.15) is 0 Å². The van der Waals surface area contributed by atoms with E-state index in [4.69, 9.17) is 5.11 Å². The van der Waals surface area contributed by atoms with Crippen molar-refractivity contribution in [3.8, 4) is 0 Å². The van der Waals surface area contributed by atoms with Crippen LogP contribution in [0.5, 0.6) is 0 Å². The minimum atomic E-state index is -0.765. The molecule has 1 aliphatic heterocycles. The molecule has 1 radical (unpaired) electrons. The molecule has 12 heavy (non-hydrogen) atoms. The zero-order valence-corrected chi connectivity index (χ0v) is 6.77. The van der Waals surface area contributed by atoms with E-state index in [2.05, 4.69) is 0 Å². The Kier molecular flexibility index (Phi) is 3.28.